The lowest BCUT2D eigenvalue weighted by Gasteiger charge is -2.28. The van der Waals surface area contributed by atoms with Crippen molar-refractivity contribution in [3.8, 4) is 0 Å². The average Bonchev–Trinajstić information content (AvgIpc) is 2.35. The highest BCUT2D eigenvalue weighted by atomic mass is 15.2. The fourth-order valence-electron chi connectivity index (χ4n) is 1.66. The van der Waals surface area contributed by atoms with Crippen molar-refractivity contribution >= 4 is 0 Å². The molecule has 0 radical (unpaired) electrons. The Kier molecular flexibility index (Phi) is 3.09. The molecule has 0 amide bonds. The molecular formula is C9H21N3. The van der Waals surface area contributed by atoms with Gasteiger partial charge in [-0.15, -0.1) is 0 Å². The van der Waals surface area contributed by atoms with Crippen LogP contribution in [-0.2, 0) is 0 Å². The summed E-state index contributed by atoms with van der Waals surface area (Å²) in [6.07, 6.45) is 1.25. The Labute approximate surface area is 75.3 Å². The normalized spacial score (nSPS) is 26.5. The average molecular weight is 171 g/mol. The number of likely N-dealkylation sites (N-methyl/N-ethyl adjacent to an activating group) is 1. The van der Waals surface area contributed by atoms with Crippen LogP contribution in [0.15, 0.2) is 0 Å². The predicted molar refractivity (Wildman–Crippen MR) is 52.2 cm³/mol. The van der Waals surface area contributed by atoms with Gasteiger partial charge < -0.3 is 16.0 Å². The zero-order chi connectivity index (χ0) is 9.19. The van der Waals surface area contributed by atoms with Crippen LogP contribution in [-0.4, -0.2) is 43.2 Å². The van der Waals surface area contributed by atoms with E-state index in [1.807, 2.05) is 0 Å². The van der Waals surface area contributed by atoms with Gasteiger partial charge in [-0.3, -0.25) is 0 Å². The molecular weight excluding hydrogens is 150 g/mol. The van der Waals surface area contributed by atoms with Crippen LogP contribution in [0.1, 0.15) is 20.3 Å². The number of nitrogens with zero attached hydrogens (tertiary/aromatic N) is 1. The van der Waals surface area contributed by atoms with Gasteiger partial charge in [0.2, 0.25) is 0 Å². The van der Waals surface area contributed by atoms with E-state index in [1.54, 1.807) is 0 Å². The van der Waals surface area contributed by atoms with Gasteiger partial charge in [-0.25, -0.2) is 0 Å². The monoisotopic (exact) mass is 171 g/mol. The number of hydrogen-bond donors (Lipinski definition) is 2. The van der Waals surface area contributed by atoms with Crippen LogP contribution in [0.4, 0.5) is 0 Å². The van der Waals surface area contributed by atoms with Gasteiger partial charge in [-0.05, 0) is 33.9 Å². The van der Waals surface area contributed by atoms with Crippen LogP contribution in [0, 0.1) is 0 Å². The van der Waals surface area contributed by atoms with E-state index in [4.69, 9.17) is 5.73 Å². The zero-order valence-corrected chi connectivity index (χ0v) is 8.43. The Balaban J connectivity index is 2.32. The summed E-state index contributed by atoms with van der Waals surface area (Å²) in [4.78, 5) is 2.35. The number of nitrogens with one attached hydrogen (secondary N) is 1. The standard InChI is InChI=1S/C9H21N3/c1-9(2,7-10)11-8-4-5-12(3)6-8/h8,11H,4-7,10H2,1-3H3. The molecule has 1 saturated heterocycles. The number of likely N-dealkylation sites (tertiary alicyclic amines) is 1. The molecule has 0 aromatic heterocycles. The molecule has 0 saturated carbocycles. The maximum absolute atomic E-state index is 5.64. The Morgan fingerprint density at radius 1 is 1.58 bits per heavy atom. The fraction of sp³-hybridized carbons (Fsp3) is 1.00. The minimum absolute atomic E-state index is 0.0931. The van der Waals surface area contributed by atoms with E-state index in [1.165, 1.54) is 13.0 Å². The molecule has 1 rings (SSSR count). The zero-order valence-electron chi connectivity index (χ0n) is 8.43. The van der Waals surface area contributed by atoms with Crippen molar-refractivity contribution in [2.24, 2.45) is 5.73 Å². The second kappa shape index (κ2) is 3.73. The molecule has 3 nitrogen and oxygen atoms in total. The summed E-state index contributed by atoms with van der Waals surface area (Å²) in [6.45, 7) is 7.38. The van der Waals surface area contributed by atoms with Gasteiger partial charge in [0.1, 0.15) is 0 Å². The van der Waals surface area contributed by atoms with Crippen molar-refractivity contribution < 1.29 is 0 Å². The summed E-state index contributed by atoms with van der Waals surface area (Å²) < 4.78 is 0. The topological polar surface area (TPSA) is 41.3 Å². The number of nitrogens with two attached hydrogens (primary N) is 1. The molecule has 0 aromatic rings. The largest absolute Gasteiger partial charge is 0.329 e. The number of hydrogen-bond acceptors (Lipinski definition) is 3. The smallest absolute Gasteiger partial charge is 0.0250 e. The van der Waals surface area contributed by atoms with Crippen LogP contribution in [0.2, 0.25) is 0 Å². The van der Waals surface area contributed by atoms with Crippen LogP contribution < -0.4 is 11.1 Å². The molecule has 0 bridgehead atoms. The summed E-state index contributed by atoms with van der Waals surface area (Å²) >= 11 is 0. The van der Waals surface area contributed by atoms with Crippen molar-refractivity contribution in [2.75, 3.05) is 26.7 Å². The van der Waals surface area contributed by atoms with E-state index >= 15 is 0 Å². The predicted octanol–water partition coefficient (Wildman–Crippen LogP) is 0.0174. The van der Waals surface area contributed by atoms with Crippen LogP contribution >= 0.6 is 0 Å². The first-order valence-electron chi connectivity index (χ1n) is 4.70. The first kappa shape index (κ1) is 9.96. The lowest BCUT2D eigenvalue weighted by molar-refractivity contribution is 0.329. The van der Waals surface area contributed by atoms with Crippen molar-refractivity contribution in [2.45, 2.75) is 31.8 Å². The van der Waals surface area contributed by atoms with Gasteiger partial charge in [0.15, 0.2) is 0 Å². The molecule has 1 unspecified atom stereocenters. The Hall–Kier alpha value is -0.120. The summed E-state index contributed by atoms with van der Waals surface area (Å²) in [5.41, 5.74) is 5.74. The van der Waals surface area contributed by atoms with Crippen molar-refractivity contribution in [1.29, 1.82) is 0 Å². The van der Waals surface area contributed by atoms with Crippen molar-refractivity contribution in [1.82, 2.24) is 10.2 Å². The molecule has 0 spiro atoms. The van der Waals surface area contributed by atoms with E-state index in [0.29, 0.717) is 12.6 Å². The van der Waals surface area contributed by atoms with Gasteiger partial charge in [0, 0.05) is 24.7 Å². The Morgan fingerprint density at radius 3 is 2.67 bits per heavy atom. The molecule has 1 aliphatic heterocycles. The molecule has 0 aromatic carbocycles. The van der Waals surface area contributed by atoms with E-state index in [0.717, 1.165) is 6.54 Å². The molecule has 1 atom stereocenters. The summed E-state index contributed by atoms with van der Waals surface area (Å²) in [5.74, 6) is 0. The van der Waals surface area contributed by atoms with Crippen LogP contribution in [0.3, 0.4) is 0 Å². The first-order chi connectivity index (χ1) is 5.53. The summed E-state index contributed by atoms with van der Waals surface area (Å²) in [7, 11) is 2.16. The highest BCUT2D eigenvalue weighted by molar-refractivity contribution is 4.87. The lowest BCUT2D eigenvalue weighted by Crippen LogP contribution is -2.51. The van der Waals surface area contributed by atoms with E-state index in [2.05, 4.69) is 31.1 Å². The third-order valence-corrected chi connectivity index (χ3v) is 2.50. The molecule has 3 heteroatoms. The van der Waals surface area contributed by atoms with Gasteiger partial charge >= 0.3 is 0 Å². The summed E-state index contributed by atoms with van der Waals surface area (Å²) in [5, 5.41) is 3.57. The van der Waals surface area contributed by atoms with Gasteiger partial charge in [0.05, 0.1) is 0 Å². The quantitative estimate of drug-likeness (QED) is 0.629. The molecule has 72 valence electrons. The molecule has 3 N–H and O–H groups in total. The maximum Gasteiger partial charge on any atom is 0.0250 e. The van der Waals surface area contributed by atoms with E-state index in [-0.39, 0.29) is 5.54 Å². The number of rotatable bonds is 3. The second-order valence-electron chi connectivity index (χ2n) is 4.48. The van der Waals surface area contributed by atoms with Crippen LogP contribution in [0.25, 0.3) is 0 Å². The van der Waals surface area contributed by atoms with Crippen molar-refractivity contribution in [3.63, 3.8) is 0 Å². The molecule has 12 heavy (non-hydrogen) atoms. The highest BCUT2D eigenvalue weighted by Gasteiger charge is 2.25. The van der Waals surface area contributed by atoms with Gasteiger partial charge in [-0.2, -0.15) is 0 Å². The van der Waals surface area contributed by atoms with Gasteiger partial charge in [0.25, 0.3) is 0 Å². The van der Waals surface area contributed by atoms with Gasteiger partial charge in [-0.1, -0.05) is 0 Å². The Morgan fingerprint density at radius 2 is 2.25 bits per heavy atom. The maximum atomic E-state index is 5.64. The van der Waals surface area contributed by atoms with E-state index in [9.17, 15) is 0 Å². The summed E-state index contributed by atoms with van der Waals surface area (Å²) in [6, 6.07) is 0.633. The lowest BCUT2D eigenvalue weighted by atomic mass is 10.0. The minimum Gasteiger partial charge on any atom is -0.329 e. The molecule has 0 aliphatic carbocycles. The van der Waals surface area contributed by atoms with Crippen molar-refractivity contribution in [3.05, 3.63) is 0 Å². The molecule has 1 aliphatic rings. The second-order valence-corrected chi connectivity index (χ2v) is 4.48. The van der Waals surface area contributed by atoms with E-state index < -0.39 is 0 Å². The highest BCUT2D eigenvalue weighted by Crippen LogP contribution is 2.10. The molecule has 1 fully saturated rings. The Bertz CT molecular complexity index is 145. The molecule has 1 heterocycles. The SMILES string of the molecule is CN1CCC(NC(C)(C)CN)C1. The van der Waals surface area contributed by atoms with Crippen LogP contribution in [0.5, 0.6) is 0 Å². The third kappa shape index (κ3) is 2.73. The fourth-order valence-corrected chi connectivity index (χ4v) is 1.66. The first-order valence-corrected chi connectivity index (χ1v) is 4.70. The minimum atomic E-state index is 0.0931. The third-order valence-electron chi connectivity index (χ3n) is 2.50.